The van der Waals surface area contributed by atoms with Crippen LogP contribution in [0.3, 0.4) is 0 Å². The summed E-state index contributed by atoms with van der Waals surface area (Å²) in [4.78, 5) is 36.3. The first-order valence-electron chi connectivity index (χ1n) is 8.58. The third-order valence-electron chi connectivity index (χ3n) is 4.27. The van der Waals surface area contributed by atoms with E-state index in [4.69, 9.17) is 4.74 Å². The zero-order valence-electron chi connectivity index (χ0n) is 15.1. The number of ether oxygens (including phenoxy) is 1. The topological polar surface area (TPSA) is 114 Å². The number of methoxy groups -OCH3 is 1. The molecule has 9 heteroatoms. The molecule has 1 aliphatic heterocycles. The molecule has 0 saturated heterocycles. The number of nitrogens with zero attached hydrogens (tertiary/aromatic N) is 3. The monoisotopic (exact) mass is 382 g/mol. The Morgan fingerprint density at radius 2 is 1.86 bits per heavy atom. The first-order chi connectivity index (χ1) is 13.5. The minimum Gasteiger partial charge on any atom is -0.496 e. The number of nitro groups is 1. The van der Waals surface area contributed by atoms with Crippen molar-refractivity contribution < 1.29 is 19.2 Å². The number of imide groups is 1. The molecule has 0 saturated carbocycles. The fraction of sp³-hybridized carbons (Fsp3) is 0.211. The predicted octanol–water partition coefficient (Wildman–Crippen LogP) is 3.08. The molecule has 0 fully saturated rings. The summed E-state index contributed by atoms with van der Waals surface area (Å²) in [5.41, 5.74) is 3.57. The van der Waals surface area contributed by atoms with Gasteiger partial charge in [0.1, 0.15) is 11.4 Å². The highest BCUT2D eigenvalue weighted by Crippen LogP contribution is 2.28. The van der Waals surface area contributed by atoms with Crippen molar-refractivity contribution in [3.05, 3.63) is 63.7 Å². The number of hydrogen-bond acceptors (Lipinski definition) is 7. The largest absolute Gasteiger partial charge is 0.496 e. The van der Waals surface area contributed by atoms with E-state index in [0.29, 0.717) is 29.7 Å². The molecule has 1 heterocycles. The molecule has 9 nitrogen and oxygen atoms in total. The second kappa shape index (κ2) is 8.30. The SMILES string of the molecule is COc1ccc(NN=CCCCN2C(=O)c3ccccc3C2=O)c([N+](=O)[O-])c1. The Hall–Kier alpha value is -3.75. The molecule has 0 aliphatic carbocycles. The van der Waals surface area contributed by atoms with Gasteiger partial charge < -0.3 is 4.74 Å². The van der Waals surface area contributed by atoms with E-state index in [9.17, 15) is 19.7 Å². The van der Waals surface area contributed by atoms with E-state index < -0.39 is 4.92 Å². The number of nitro benzene ring substituents is 1. The molecule has 0 aromatic heterocycles. The number of hydrazone groups is 1. The van der Waals surface area contributed by atoms with Crippen molar-refractivity contribution in [2.24, 2.45) is 5.10 Å². The lowest BCUT2D eigenvalue weighted by Crippen LogP contribution is -2.30. The van der Waals surface area contributed by atoms with Crippen molar-refractivity contribution in [1.82, 2.24) is 4.90 Å². The zero-order valence-corrected chi connectivity index (χ0v) is 15.1. The maximum atomic E-state index is 12.3. The maximum Gasteiger partial charge on any atom is 0.297 e. The van der Waals surface area contributed by atoms with Crippen molar-refractivity contribution in [3.8, 4) is 5.75 Å². The molecule has 3 rings (SSSR count). The molecule has 1 aliphatic rings. The average Bonchev–Trinajstić information content (AvgIpc) is 2.95. The molecule has 0 spiro atoms. The van der Waals surface area contributed by atoms with Crippen LogP contribution in [0, 0.1) is 10.1 Å². The molecule has 1 N–H and O–H groups in total. The first kappa shape index (κ1) is 19.0. The Labute approximate surface area is 160 Å². The summed E-state index contributed by atoms with van der Waals surface area (Å²) in [6.45, 7) is 0.279. The van der Waals surface area contributed by atoms with Gasteiger partial charge in [0, 0.05) is 12.8 Å². The number of anilines is 1. The Morgan fingerprint density at radius 3 is 2.46 bits per heavy atom. The van der Waals surface area contributed by atoms with Gasteiger partial charge in [-0.3, -0.25) is 30.0 Å². The second-order valence-electron chi connectivity index (χ2n) is 6.01. The third kappa shape index (κ3) is 3.83. The van der Waals surface area contributed by atoms with Crippen LogP contribution in [0.15, 0.2) is 47.6 Å². The molecule has 0 bridgehead atoms. The standard InChI is InChI=1S/C19H18N4O5/c1-28-13-8-9-16(17(12-13)23(26)27)21-20-10-4-5-11-22-18(24)14-6-2-3-7-15(14)19(22)25/h2-3,6-10,12,21H,4-5,11H2,1H3. The van der Waals surface area contributed by atoms with Gasteiger partial charge in [-0.15, -0.1) is 0 Å². The number of rotatable bonds is 8. The predicted molar refractivity (Wildman–Crippen MR) is 103 cm³/mol. The fourth-order valence-electron chi connectivity index (χ4n) is 2.85. The molecule has 0 atom stereocenters. The van der Waals surface area contributed by atoms with Crippen molar-refractivity contribution in [1.29, 1.82) is 0 Å². The highest BCUT2D eigenvalue weighted by Gasteiger charge is 2.34. The Kier molecular flexibility index (Phi) is 5.64. The number of fused-ring (bicyclic) bond motifs is 1. The van der Waals surface area contributed by atoms with E-state index in [-0.39, 0.29) is 29.7 Å². The Morgan fingerprint density at radius 1 is 1.18 bits per heavy atom. The van der Waals surface area contributed by atoms with Gasteiger partial charge in [-0.05, 0) is 37.1 Å². The van der Waals surface area contributed by atoms with Gasteiger partial charge in [-0.1, -0.05) is 12.1 Å². The molecule has 2 aromatic rings. The van der Waals surface area contributed by atoms with Crippen LogP contribution in [-0.2, 0) is 0 Å². The Balaban J connectivity index is 1.52. The van der Waals surface area contributed by atoms with Gasteiger partial charge in [0.05, 0.1) is 29.2 Å². The van der Waals surface area contributed by atoms with Crippen LogP contribution in [-0.4, -0.2) is 41.5 Å². The van der Waals surface area contributed by atoms with Crippen LogP contribution < -0.4 is 10.2 Å². The van der Waals surface area contributed by atoms with Crippen molar-refractivity contribution in [2.45, 2.75) is 12.8 Å². The minimum atomic E-state index is -0.525. The summed E-state index contributed by atoms with van der Waals surface area (Å²) in [6, 6.07) is 11.1. The van der Waals surface area contributed by atoms with Crippen LogP contribution in [0.2, 0.25) is 0 Å². The lowest BCUT2D eigenvalue weighted by Gasteiger charge is -2.12. The van der Waals surface area contributed by atoms with Gasteiger partial charge in [0.15, 0.2) is 0 Å². The maximum absolute atomic E-state index is 12.3. The van der Waals surface area contributed by atoms with Crippen LogP contribution in [0.5, 0.6) is 5.75 Å². The summed E-state index contributed by atoms with van der Waals surface area (Å²) in [5.74, 6) is -0.198. The van der Waals surface area contributed by atoms with Crippen molar-refractivity contribution >= 4 is 29.4 Å². The number of hydrogen-bond donors (Lipinski definition) is 1. The summed E-state index contributed by atoms with van der Waals surface area (Å²) in [7, 11) is 1.43. The number of benzene rings is 2. The molecule has 2 aromatic carbocycles. The van der Waals surface area contributed by atoms with Crippen LogP contribution >= 0.6 is 0 Å². The molecular weight excluding hydrogens is 364 g/mol. The van der Waals surface area contributed by atoms with Crippen LogP contribution in [0.1, 0.15) is 33.6 Å². The van der Waals surface area contributed by atoms with Gasteiger partial charge >= 0.3 is 0 Å². The molecule has 2 amide bonds. The summed E-state index contributed by atoms with van der Waals surface area (Å²) in [6.07, 6.45) is 2.57. The van der Waals surface area contributed by atoms with Gasteiger partial charge in [0.25, 0.3) is 17.5 Å². The second-order valence-corrected chi connectivity index (χ2v) is 6.01. The van der Waals surface area contributed by atoms with E-state index in [1.807, 2.05) is 0 Å². The molecule has 0 radical (unpaired) electrons. The molecule has 144 valence electrons. The van der Waals surface area contributed by atoms with E-state index in [0.717, 1.165) is 0 Å². The number of nitrogens with one attached hydrogen (secondary N) is 1. The van der Waals surface area contributed by atoms with Crippen molar-refractivity contribution in [3.63, 3.8) is 0 Å². The van der Waals surface area contributed by atoms with Gasteiger partial charge in [-0.2, -0.15) is 5.10 Å². The first-order valence-corrected chi connectivity index (χ1v) is 8.58. The number of unbranched alkanes of at least 4 members (excludes halogenated alkanes) is 1. The fourth-order valence-corrected chi connectivity index (χ4v) is 2.85. The lowest BCUT2D eigenvalue weighted by molar-refractivity contribution is -0.384. The zero-order chi connectivity index (χ0) is 20.1. The average molecular weight is 382 g/mol. The van der Waals surface area contributed by atoms with Gasteiger partial charge in [-0.25, -0.2) is 0 Å². The highest BCUT2D eigenvalue weighted by molar-refractivity contribution is 6.21. The van der Waals surface area contributed by atoms with E-state index in [1.54, 1.807) is 36.5 Å². The highest BCUT2D eigenvalue weighted by atomic mass is 16.6. The summed E-state index contributed by atoms with van der Waals surface area (Å²) >= 11 is 0. The number of carbonyl (C=O) groups excluding carboxylic acids is 2. The summed E-state index contributed by atoms with van der Waals surface area (Å²) in [5, 5.41) is 15.1. The van der Waals surface area contributed by atoms with E-state index in [1.165, 1.54) is 24.1 Å². The summed E-state index contributed by atoms with van der Waals surface area (Å²) < 4.78 is 4.98. The van der Waals surface area contributed by atoms with Crippen LogP contribution in [0.25, 0.3) is 0 Å². The molecule has 28 heavy (non-hydrogen) atoms. The van der Waals surface area contributed by atoms with Gasteiger partial charge in [0.2, 0.25) is 0 Å². The third-order valence-corrected chi connectivity index (χ3v) is 4.27. The molecule has 0 unspecified atom stereocenters. The number of carbonyl (C=O) groups is 2. The van der Waals surface area contributed by atoms with Crippen LogP contribution in [0.4, 0.5) is 11.4 Å². The minimum absolute atomic E-state index is 0.150. The Bertz CT molecular complexity index is 922. The van der Waals surface area contributed by atoms with E-state index >= 15 is 0 Å². The van der Waals surface area contributed by atoms with E-state index in [2.05, 4.69) is 10.5 Å². The quantitative estimate of drug-likeness (QED) is 0.247. The number of amides is 2. The lowest BCUT2D eigenvalue weighted by atomic mass is 10.1. The van der Waals surface area contributed by atoms with Crippen molar-refractivity contribution in [2.75, 3.05) is 19.1 Å². The molecular formula is C19H18N4O5. The smallest absolute Gasteiger partial charge is 0.297 e. The normalized spacial score (nSPS) is 13.1.